The van der Waals surface area contributed by atoms with Crippen molar-refractivity contribution in [2.75, 3.05) is 27.7 Å². The van der Waals surface area contributed by atoms with Crippen molar-refractivity contribution in [2.45, 2.75) is 27.2 Å². The zero-order valence-electron chi connectivity index (χ0n) is 8.94. The summed E-state index contributed by atoms with van der Waals surface area (Å²) in [6.45, 7) is 8.17. The molecular weight excluding hydrogens is 211 g/mol. The predicted molar refractivity (Wildman–Crippen MR) is 47.0 cm³/mol. The molecule has 0 aromatic heterocycles. The maximum absolute atomic E-state index is 2.33. The van der Waals surface area contributed by atoms with Crippen LogP contribution in [0.15, 0.2) is 0 Å². The first-order chi connectivity index (χ1) is 4.27. The van der Waals surface area contributed by atoms with Crippen molar-refractivity contribution in [3.8, 4) is 0 Å². The van der Waals surface area contributed by atoms with Crippen molar-refractivity contribution in [3.63, 3.8) is 0 Å². The van der Waals surface area contributed by atoms with E-state index in [0.29, 0.717) is 5.41 Å². The van der Waals surface area contributed by atoms with E-state index in [0.717, 1.165) is 4.48 Å². The standard InChI is InChI=1S/C9H22N.Y/c1-7-9(2,3)8-10(4,5)6;/h7-8H2,1-6H3;/q+1;. The summed E-state index contributed by atoms with van der Waals surface area (Å²) < 4.78 is 1.07. The Labute approximate surface area is 97.0 Å². The zero-order valence-corrected chi connectivity index (χ0v) is 11.8. The van der Waals surface area contributed by atoms with Gasteiger partial charge in [0.15, 0.2) is 0 Å². The van der Waals surface area contributed by atoms with Gasteiger partial charge in [0.25, 0.3) is 0 Å². The fourth-order valence-corrected chi connectivity index (χ4v) is 1.40. The molecule has 11 heavy (non-hydrogen) atoms. The van der Waals surface area contributed by atoms with Crippen molar-refractivity contribution in [2.24, 2.45) is 5.41 Å². The van der Waals surface area contributed by atoms with Crippen LogP contribution in [-0.2, 0) is 32.7 Å². The van der Waals surface area contributed by atoms with E-state index in [-0.39, 0.29) is 32.7 Å². The van der Waals surface area contributed by atoms with Gasteiger partial charge in [-0.05, 0) is 6.42 Å². The molecular formula is C9H22NY+. The quantitative estimate of drug-likeness (QED) is 0.655. The minimum absolute atomic E-state index is 0. The summed E-state index contributed by atoms with van der Waals surface area (Å²) in [6.07, 6.45) is 1.27. The molecule has 0 N–H and O–H groups in total. The minimum atomic E-state index is 0. The second-order valence-corrected chi connectivity index (χ2v) is 4.97. The monoisotopic (exact) mass is 233 g/mol. The van der Waals surface area contributed by atoms with Crippen LogP contribution in [0.5, 0.6) is 0 Å². The van der Waals surface area contributed by atoms with E-state index < -0.39 is 0 Å². The fourth-order valence-electron chi connectivity index (χ4n) is 1.40. The van der Waals surface area contributed by atoms with Crippen molar-refractivity contribution >= 4 is 0 Å². The molecule has 0 heterocycles. The van der Waals surface area contributed by atoms with Gasteiger partial charge in [-0.15, -0.1) is 0 Å². The van der Waals surface area contributed by atoms with Crippen molar-refractivity contribution in [1.29, 1.82) is 0 Å². The second-order valence-electron chi connectivity index (χ2n) is 4.97. The molecule has 0 bridgehead atoms. The van der Waals surface area contributed by atoms with Gasteiger partial charge in [-0.1, -0.05) is 20.8 Å². The molecule has 0 amide bonds. The Morgan fingerprint density at radius 3 is 1.55 bits per heavy atom. The zero-order chi connectivity index (χ0) is 8.41. The largest absolute Gasteiger partial charge is 0.330 e. The fraction of sp³-hybridized carbons (Fsp3) is 1.00. The number of nitrogens with zero attached hydrogens (tertiary/aromatic N) is 1. The van der Waals surface area contributed by atoms with Crippen molar-refractivity contribution < 1.29 is 37.2 Å². The molecule has 0 aliphatic rings. The van der Waals surface area contributed by atoms with E-state index >= 15 is 0 Å². The SMILES string of the molecule is CCC(C)(C)C[N+](C)(C)C.[Y]. The second kappa shape index (κ2) is 4.94. The van der Waals surface area contributed by atoms with Crippen molar-refractivity contribution in [3.05, 3.63) is 0 Å². The van der Waals surface area contributed by atoms with Gasteiger partial charge in [0, 0.05) is 38.1 Å². The topological polar surface area (TPSA) is 0 Å². The van der Waals surface area contributed by atoms with Crippen LogP contribution in [-0.4, -0.2) is 32.2 Å². The van der Waals surface area contributed by atoms with Gasteiger partial charge in [0.1, 0.15) is 0 Å². The van der Waals surface area contributed by atoms with Crippen LogP contribution in [0.1, 0.15) is 27.2 Å². The third kappa shape index (κ3) is 8.97. The first kappa shape index (κ1) is 14.6. The molecule has 0 spiro atoms. The Hall–Kier alpha value is 1.06. The first-order valence-electron chi connectivity index (χ1n) is 4.07. The van der Waals surface area contributed by atoms with Crippen molar-refractivity contribution in [1.82, 2.24) is 0 Å². The number of hydrogen-bond acceptors (Lipinski definition) is 0. The molecule has 0 aliphatic heterocycles. The van der Waals surface area contributed by atoms with Crippen LogP contribution >= 0.6 is 0 Å². The molecule has 0 aliphatic carbocycles. The van der Waals surface area contributed by atoms with Crippen LogP contribution in [0.4, 0.5) is 0 Å². The maximum atomic E-state index is 2.33. The van der Waals surface area contributed by atoms with Gasteiger partial charge in [0.05, 0.1) is 27.7 Å². The average molecular weight is 233 g/mol. The Balaban J connectivity index is 0. The maximum Gasteiger partial charge on any atom is 0.0832 e. The molecule has 0 saturated heterocycles. The van der Waals surface area contributed by atoms with Gasteiger partial charge in [0.2, 0.25) is 0 Å². The molecule has 0 fully saturated rings. The van der Waals surface area contributed by atoms with E-state index in [9.17, 15) is 0 Å². The summed E-state index contributed by atoms with van der Waals surface area (Å²) >= 11 is 0. The van der Waals surface area contributed by atoms with Crippen LogP contribution < -0.4 is 0 Å². The van der Waals surface area contributed by atoms with E-state index in [1.54, 1.807) is 0 Å². The smallest absolute Gasteiger partial charge is 0.0832 e. The van der Waals surface area contributed by atoms with E-state index in [2.05, 4.69) is 41.9 Å². The summed E-state index contributed by atoms with van der Waals surface area (Å²) in [6, 6.07) is 0. The molecule has 0 aromatic carbocycles. The summed E-state index contributed by atoms with van der Waals surface area (Å²) in [5.74, 6) is 0. The normalized spacial score (nSPS) is 12.5. The van der Waals surface area contributed by atoms with Crippen LogP contribution in [0.25, 0.3) is 0 Å². The number of quaternary nitrogens is 1. The average Bonchev–Trinajstić information content (AvgIpc) is 1.60. The van der Waals surface area contributed by atoms with Crippen LogP contribution in [0.2, 0.25) is 0 Å². The van der Waals surface area contributed by atoms with E-state index in [1.807, 2.05) is 0 Å². The molecule has 0 unspecified atom stereocenters. The molecule has 1 nitrogen and oxygen atoms in total. The van der Waals surface area contributed by atoms with Gasteiger partial charge in [-0.2, -0.15) is 0 Å². The molecule has 2 heteroatoms. The Morgan fingerprint density at radius 1 is 1.09 bits per heavy atom. The van der Waals surface area contributed by atoms with Gasteiger partial charge in [-0.3, -0.25) is 0 Å². The Morgan fingerprint density at radius 2 is 1.45 bits per heavy atom. The van der Waals surface area contributed by atoms with Gasteiger partial charge < -0.3 is 4.48 Å². The molecule has 0 atom stereocenters. The van der Waals surface area contributed by atoms with E-state index in [4.69, 9.17) is 0 Å². The molecule has 0 saturated carbocycles. The van der Waals surface area contributed by atoms with E-state index in [1.165, 1.54) is 13.0 Å². The summed E-state index contributed by atoms with van der Waals surface area (Å²) in [5, 5.41) is 0. The molecule has 65 valence electrons. The summed E-state index contributed by atoms with van der Waals surface area (Å²) in [7, 11) is 6.74. The molecule has 0 rings (SSSR count). The molecule has 1 radical (unpaired) electrons. The van der Waals surface area contributed by atoms with Gasteiger partial charge in [-0.25, -0.2) is 0 Å². The Bertz CT molecular complexity index is 103. The predicted octanol–water partition coefficient (Wildman–Crippen LogP) is 2.13. The minimum Gasteiger partial charge on any atom is -0.330 e. The van der Waals surface area contributed by atoms with Crippen LogP contribution in [0.3, 0.4) is 0 Å². The number of hydrogen-bond donors (Lipinski definition) is 0. The summed E-state index contributed by atoms with van der Waals surface area (Å²) in [4.78, 5) is 0. The van der Waals surface area contributed by atoms with Crippen LogP contribution in [0, 0.1) is 5.41 Å². The Kier molecular flexibility index (Phi) is 6.55. The summed E-state index contributed by atoms with van der Waals surface area (Å²) in [5.41, 5.74) is 0.498. The van der Waals surface area contributed by atoms with Gasteiger partial charge >= 0.3 is 0 Å². The molecule has 0 aromatic rings. The third-order valence-corrected chi connectivity index (χ3v) is 1.86. The first-order valence-corrected chi connectivity index (χ1v) is 4.07. The number of rotatable bonds is 3. The third-order valence-electron chi connectivity index (χ3n) is 1.86.